The van der Waals surface area contributed by atoms with Gasteiger partial charge in [-0.05, 0) is 37.2 Å². The van der Waals surface area contributed by atoms with Crippen LogP contribution in [0.3, 0.4) is 0 Å². The maximum absolute atomic E-state index is 12.5. The van der Waals surface area contributed by atoms with Crippen molar-refractivity contribution in [3.05, 3.63) is 52.2 Å². The molecular formula is C20H28N4OS2. The van der Waals surface area contributed by atoms with Crippen LogP contribution in [0, 0.1) is 0 Å². The lowest BCUT2D eigenvalue weighted by Crippen LogP contribution is -2.37. The van der Waals surface area contributed by atoms with Gasteiger partial charge in [0.15, 0.2) is 0 Å². The Hall–Kier alpha value is -1.54. The number of para-hydroxylation sites is 1. The van der Waals surface area contributed by atoms with Gasteiger partial charge in [-0.15, -0.1) is 11.3 Å². The monoisotopic (exact) mass is 404 g/mol. The number of nitrogens with zero attached hydrogens (tertiary/aromatic N) is 2. The van der Waals surface area contributed by atoms with Gasteiger partial charge in [0, 0.05) is 48.2 Å². The molecule has 146 valence electrons. The Balaban J connectivity index is 1.57. The zero-order valence-electron chi connectivity index (χ0n) is 16.0. The minimum Gasteiger partial charge on any atom is -0.336 e. The molecular weight excluding hydrogens is 376 g/mol. The average molecular weight is 405 g/mol. The Bertz CT molecular complexity index is 715. The summed E-state index contributed by atoms with van der Waals surface area (Å²) in [5.74, 6) is 2.37. The van der Waals surface area contributed by atoms with Crippen molar-refractivity contribution in [2.75, 3.05) is 50.6 Å². The molecule has 0 radical (unpaired) electrons. The SMILES string of the molecule is CN(C)C(CNC(=O)Nc1ccccc1CN1CCSCC1)c1cccs1. The first kappa shape index (κ1) is 20.2. The molecule has 1 aromatic heterocycles. The summed E-state index contributed by atoms with van der Waals surface area (Å²) in [5, 5.41) is 8.14. The predicted molar refractivity (Wildman–Crippen MR) is 117 cm³/mol. The van der Waals surface area contributed by atoms with Gasteiger partial charge in [-0.3, -0.25) is 4.90 Å². The van der Waals surface area contributed by atoms with Crippen LogP contribution in [-0.2, 0) is 6.54 Å². The van der Waals surface area contributed by atoms with Gasteiger partial charge in [0.05, 0.1) is 6.04 Å². The fraction of sp³-hybridized carbons (Fsp3) is 0.450. The van der Waals surface area contributed by atoms with E-state index in [1.54, 1.807) is 11.3 Å². The summed E-state index contributed by atoms with van der Waals surface area (Å²) < 4.78 is 0. The van der Waals surface area contributed by atoms with Crippen LogP contribution >= 0.6 is 23.1 Å². The third-order valence-corrected chi connectivity index (χ3v) is 6.63. The summed E-state index contributed by atoms with van der Waals surface area (Å²) in [5.41, 5.74) is 2.06. The Labute approximate surface area is 170 Å². The van der Waals surface area contributed by atoms with Gasteiger partial charge >= 0.3 is 6.03 Å². The van der Waals surface area contributed by atoms with Gasteiger partial charge < -0.3 is 15.5 Å². The normalized spacial score (nSPS) is 16.3. The molecule has 0 saturated carbocycles. The van der Waals surface area contributed by atoms with Gasteiger partial charge in [-0.2, -0.15) is 11.8 Å². The molecule has 2 amide bonds. The number of thiophene rings is 1. The first-order valence-electron chi connectivity index (χ1n) is 9.26. The quantitative estimate of drug-likeness (QED) is 0.738. The molecule has 3 rings (SSSR count). The van der Waals surface area contributed by atoms with E-state index in [1.165, 1.54) is 21.9 Å². The molecule has 0 spiro atoms. The number of urea groups is 1. The van der Waals surface area contributed by atoms with Crippen molar-refractivity contribution in [1.82, 2.24) is 15.1 Å². The summed E-state index contributed by atoms with van der Waals surface area (Å²) in [6, 6.07) is 12.3. The second-order valence-electron chi connectivity index (χ2n) is 6.88. The maximum Gasteiger partial charge on any atom is 0.319 e. The van der Waals surface area contributed by atoms with E-state index in [4.69, 9.17) is 0 Å². The van der Waals surface area contributed by atoms with E-state index in [-0.39, 0.29) is 12.1 Å². The molecule has 1 fully saturated rings. The van der Waals surface area contributed by atoms with Crippen LogP contribution in [0.5, 0.6) is 0 Å². The lowest BCUT2D eigenvalue weighted by atomic mass is 10.1. The van der Waals surface area contributed by atoms with Crippen molar-refractivity contribution in [3.63, 3.8) is 0 Å². The van der Waals surface area contributed by atoms with Crippen molar-refractivity contribution in [3.8, 4) is 0 Å². The summed E-state index contributed by atoms with van der Waals surface area (Å²) in [4.78, 5) is 18.3. The van der Waals surface area contributed by atoms with E-state index >= 15 is 0 Å². The molecule has 1 saturated heterocycles. The highest BCUT2D eigenvalue weighted by Crippen LogP contribution is 2.23. The molecule has 0 aliphatic carbocycles. The fourth-order valence-corrected chi connectivity index (χ4v) is 5.06. The van der Waals surface area contributed by atoms with E-state index in [2.05, 4.69) is 37.9 Å². The molecule has 5 nitrogen and oxygen atoms in total. The van der Waals surface area contributed by atoms with E-state index in [9.17, 15) is 4.79 Å². The second kappa shape index (κ2) is 10.1. The highest BCUT2D eigenvalue weighted by molar-refractivity contribution is 7.99. The van der Waals surface area contributed by atoms with E-state index in [0.29, 0.717) is 6.54 Å². The number of amides is 2. The molecule has 2 N–H and O–H groups in total. The van der Waals surface area contributed by atoms with Gasteiger partial charge in [-0.1, -0.05) is 24.3 Å². The van der Waals surface area contributed by atoms with Gasteiger partial charge in [0.2, 0.25) is 0 Å². The molecule has 1 aliphatic rings. The van der Waals surface area contributed by atoms with Crippen molar-refractivity contribution in [2.45, 2.75) is 12.6 Å². The van der Waals surface area contributed by atoms with E-state index in [1.807, 2.05) is 50.1 Å². The maximum atomic E-state index is 12.5. The number of anilines is 1. The van der Waals surface area contributed by atoms with Crippen LogP contribution < -0.4 is 10.6 Å². The van der Waals surface area contributed by atoms with Crippen molar-refractivity contribution < 1.29 is 4.79 Å². The molecule has 1 atom stereocenters. The van der Waals surface area contributed by atoms with Crippen LogP contribution in [0.4, 0.5) is 10.5 Å². The zero-order chi connectivity index (χ0) is 19.1. The number of hydrogen-bond acceptors (Lipinski definition) is 5. The van der Waals surface area contributed by atoms with Crippen LogP contribution in [0.1, 0.15) is 16.5 Å². The topological polar surface area (TPSA) is 47.6 Å². The molecule has 7 heteroatoms. The Kier molecular flexibility index (Phi) is 7.58. The molecule has 2 heterocycles. The number of benzene rings is 1. The second-order valence-corrected chi connectivity index (χ2v) is 9.08. The van der Waals surface area contributed by atoms with Crippen LogP contribution in [-0.4, -0.2) is 61.1 Å². The Morgan fingerprint density at radius 3 is 2.67 bits per heavy atom. The average Bonchev–Trinajstić information content (AvgIpc) is 3.18. The summed E-state index contributed by atoms with van der Waals surface area (Å²) in [7, 11) is 4.08. The van der Waals surface area contributed by atoms with Crippen molar-refractivity contribution in [2.24, 2.45) is 0 Å². The molecule has 0 bridgehead atoms. The Morgan fingerprint density at radius 2 is 1.96 bits per heavy atom. The Morgan fingerprint density at radius 1 is 1.19 bits per heavy atom. The number of likely N-dealkylation sites (N-methyl/N-ethyl adjacent to an activating group) is 1. The van der Waals surface area contributed by atoms with Gasteiger partial charge in [0.25, 0.3) is 0 Å². The fourth-order valence-electron chi connectivity index (χ4n) is 3.15. The van der Waals surface area contributed by atoms with E-state index < -0.39 is 0 Å². The smallest absolute Gasteiger partial charge is 0.319 e. The number of hydrogen-bond donors (Lipinski definition) is 2. The number of nitrogens with one attached hydrogen (secondary N) is 2. The third kappa shape index (κ3) is 5.97. The van der Waals surface area contributed by atoms with Crippen LogP contribution in [0.2, 0.25) is 0 Å². The van der Waals surface area contributed by atoms with Gasteiger partial charge in [0.1, 0.15) is 0 Å². The third-order valence-electron chi connectivity index (χ3n) is 4.71. The number of carbonyl (C=O) groups excluding carboxylic acids is 1. The van der Waals surface area contributed by atoms with E-state index in [0.717, 1.165) is 25.3 Å². The standard InChI is InChI=1S/C20H28N4OS2/c1-23(2)18(19-8-5-11-27-19)14-21-20(25)22-17-7-4-3-6-16(17)15-24-9-12-26-13-10-24/h3-8,11,18H,9-10,12-15H2,1-2H3,(H2,21,22,25). The molecule has 1 aliphatic heterocycles. The minimum absolute atomic E-state index is 0.153. The predicted octanol–water partition coefficient (Wildman–Crippen LogP) is 3.72. The van der Waals surface area contributed by atoms with Crippen molar-refractivity contribution in [1.29, 1.82) is 0 Å². The van der Waals surface area contributed by atoms with Crippen molar-refractivity contribution >= 4 is 34.8 Å². The summed E-state index contributed by atoms with van der Waals surface area (Å²) in [6.07, 6.45) is 0. The first-order valence-corrected chi connectivity index (χ1v) is 11.3. The molecule has 27 heavy (non-hydrogen) atoms. The lowest BCUT2D eigenvalue weighted by molar-refractivity contribution is 0.244. The summed E-state index contributed by atoms with van der Waals surface area (Å²) >= 11 is 3.73. The lowest BCUT2D eigenvalue weighted by Gasteiger charge is -2.27. The highest BCUT2D eigenvalue weighted by atomic mass is 32.2. The van der Waals surface area contributed by atoms with Gasteiger partial charge in [-0.25, -0.2) is 4.79 Å². The number of carbonyl (C=O) groups is 1. The minimum atomic E-state index is -0.153. The number of thioether (sulfide) groups is 1. The molecule has 2 aromatic rings. The largest absolute Gasteiger partial charge is 0.336 e. The zero-order valence-corrected chi connectivity index (χ0v) is 17.6. The number of rotatable bonds is 7. The molecule has 1 unspecified atom stereocenters. The molecule has 1 aromatic carbocycles. The first-order chi connectivity index (χ1) is 13.1. The van der Waals surface area contributed by atoms with Crippen LogP contribution in [0.15, 0.2) is 41.8 Å². The van der Waals surface area contributed by atoms with Crippen LogP contribution in [0.25, 0.3) is 0 Å². The highest BCUT2D eigenvalue weighted by Gasteiger charge is 2.17. The summed E-state index contributed by atoms with van der Waals surface area (Å²) in [6.45, 7) is 3.67.